The predicted molar refractivity (Wildman–Crippen MR) is 101 cm³/mol. The zero-order valence-electron chi connectivity index (χ0n) is 15.2. The van der Waals surface area contributed by atoms with E-state index >= 15 is 0 Å². The van der Waals surface area contributed by atoms with Gasteiger partial charge in [0.1, 0.15) is 5.75 Å². The molecule has 1 aromatic rings. The maximum absolute atomic E-state index is 12.9. The van der Waals surface area contributed by atoms with Crippen molar-refractivity contribution >= 4 is 10.0 Å². The van der Waals surface area contributed by atoms with Gasteiger partial charge in [-0.15, -0.1) is 0 Å². The highest BCUT2D eigenvalue weighted by Crippen LogP contribution is 2.44. The van der Waals surface area contributed by atoms with Gasteiger partial charge in [-0.3, -0.25) is 4.90 Å². The first-order valence-electron chi connectivity index (χ1n) is 9.75. The maximum Gasteiger partial charge on any atom is 0.214 e. The van der Waals surface area contributed by atoms with Crippen molar-refractivity contribution in [2.45, 2.75) is 44.2 Å². The molecule has 3 N–H and O–H groups in total. The molecule has 26 heavy (non-hydrogen) atoms. The monoisotopic (exact) mass is 379 g/mol. The molecule has 0 amide bonds. The average Bonchev–Trinajstić information content (AvgIpc) is 2.64. The first-order chi connectivity index (χ1) is 12.5. The molecule has 1 aromatic carbocycles. The maximum atomic E-state index is 12.9. The third-order valence-corrected chi connectivity index (χ3v) is 8.33. The van der Waals surface area contributed by atoms with E-state index in [4.69, 9.17) is 5.73 Å². The normalized spacial score (nSPS) is 29.7. The van der Waals surface area contributed by atoms with Crippen LogP contribution in [0, 0.1) is 5.92 Å². The highest BCUT2D eigenvalue weighted by atomic mass is 32.2. The van der Waals surface area contributed by atoms with Crippen molar-refractivity contribution in [2.24, 2.45) is 11.7 Å². The molecule has 6 nitrogen and oxygen atoms in total. The van der Waals surface area contributed by atoms with Crippen molar-refractivity contribution in [3.8, 4) is 5.75 Å². The largest absolute Gasteiger partial charge is 0.508 e. The van der Waals surface area contributed by atoms with Gasteiger partial charge >= 0.3 is 0 Å². The van der Waals surface area contributed by atoms with E-state index in [0.29, 0.717) is 31.2 Å². The number of hydrogen-bond donors (Lipinski definition) is 2. The van der Waals surface area contributed by atoms with Crippen LogP contribution in [0.4, 0.5) is 0 Å². The second kappa shape index (κ2) is 7.11. The second-order valence-corrected chi connectivity index (χ2v) is 9.96. The van der Waals surface area contributed by atoms with E-state index in [1.165, 1.54) is 11.1 Å². The summed E-state index contributed by atoms with van der Waals surface area (Å²) in [6.07, 6.45) is 4.39. The summed E-state index contributed by atoms with van der Waals surface area (Å²) in [5.41, 5.74) is 8.01. The minimum atomic E-state index is -3.24. The minimum absolute atomic E-state index is 0.0903. The molecule has 4 rings (SSSR count). The Bertz CT molecular complexity index is 767. The zero-order valence-corrected chi connectivity index (χ0v) is 16.0. The van der Waals surface area contributed by atoms with Crippen LogP contribution in [0.15, 0.2) is 18.2 Å². The van der Waals surface area contributed by atoms with Gasteiger partial charge in [0.25, 0.3) is 0 Å². The van der Waals surface area contributed by atoms with Gasteiger partial charge in [-0.1, -0.05) is 6.07 Å². The van der Waals surface area contributed by atoms with Crippen LogP contribution in [-0.4, -0.2) is 60.7 Å². The molecular weight excluding hydrogens is 350 g/mol. The number of benzene rings is 1. The first-order valence-corrected chi connectivity index (χ1v) is 11.4. The molecule has 2 saturated heterocycles. The van der Waals surface area contributed by atoms with Gasteiger partial charge in [0, 0.05) is 31.7 Å². The van der Waals surface area contributed by atoms with Gasteiger partial charge in [0.05, 0.1) is 5.75 Å². The topological polar surface area (TPSA) is 86.9 Å². The number of hydrogen-bond acceptors (Lipinski definition) is 5. The van der Waals surface area contributed by atoms with Crippen LogP contribution in [0.3, 0.4) is 0 Å². The van der Waals surface area contributed by atoms with E-state index in [0.717, 1.165) is 38.8 Å². The molecule has 0 bridgehead atoms. The molecule has 0 spiro atoms. The van der Waals surface area contributed by atoms with Crippen LogP contribution in [0.25, 0.3) is 0 Å². The lowest BCUT2D eigenvalue weighted by molar-refractivity contribution is 0.0219. The van der Waals surface area contributed by atoms with Crippen LogP contribution in [-0.2, 0) is 16.4 Å². The van der Waals surface area contributed by atoms with E-state index in [1.807, 2.05) is 12.1 Å². The summed E-state index contributed by atoms with van der Waals surface area (Å²) in [5.74, 6) is 0.895. The number of piperidine rings is 2. The first kappa shape index (κ1) is 18.2. The van der Waals surface area contributed by atoms with Gasteiger partial charge in [-0.2, -0.15) is 4.31 Å². The van der Waals surface area contributed by atoms with Crippen LogP contribution in [0.2, 0.25) is 0 Å². The fourth-order valence-corrected chi connectivity index (χ4v) is 6.97. The number of nitrogens with two attached hydrogens (primary N) is 1. The number of phenols is 1. The van der Waals surface area contributed by atoms with Crippen molar-refractivity contribution in [1.29, 1.82) is 0 Å². The van der Waals surface area contributed by atoms with Gasteiger partial charge in [0.15, 0.2) is 0 Å². The Balaban J connectivity index is 1.61. The third kappa shape index (κ3) is 3.26. The summed E-state index contributed by atoms with van der Waals surface area (Å²) in [7, 11) is -3.24. The second-order valence-electron chi connectivity index (χ2n) is 7.92. The summed E-state index contributed by atoms with van der Waals surface area (Å²) < 4.78 is 27.5. The molecule has 7 heteroatoms. The zero-order chi connectivity index (χ0) is 18.3. The van der Waals surface area contributed by atoms with E-state index in [-0.39, 0.29) is 17.8 Å². The van der Waals surface area contributed by atoms with Crippen LogP contribution in [0.1, 0.15) is 42.9 Å². The van der Waals surface area contributed by atoms with Crippen LogP contribution in [0.5, 0.6) is 5.75 Å². The predicted octanol–water partition coefficient (Wildman–Crippen LogP) is 1.45. The standard InChI is InChI=1S/C19H29N3O3S/c20-7-2-10-26(24,25)22-8-1-3-15-13-21-9-6-14-11-16(23)4-5-17(14)19(21)12-18(15)22/h4-5,11,15,18-19,23H,1-3,6-10,12-13,20H2/t15-,18+,19+/m1/s1. The van der Waals surface area contributed by atoms with Crippen molar-refractivity contribution in [2.75, 3.05) is 31.9 Å². The molecule has 0 radical (unpaired) electrons. The number of rotatable bonds is 4. The Hall–Kier alpha value is -1.15. The smallest absolute Gasteiger partial charge is 0.214 e. The molecule has 3 heterocycles. The lowest BCUT2D eigenvalue weighted by atomic mass is 9.77. The minimum Gasteiger partial charge on any atom is -0.508 e. The number of sulfonamides is 1. The Kier molecular flexibility index (Phi) is 4.98. The van der Waals surface area contributed by atoms with Crippen LogP contribution >= 0.6 is 0 Å². The molecule has 3 aliphatic rings. The SMILES string of the molecule is NCCCS(=O)(=O)N1CCC[C@@H]2CN3CCc4cc(O)ccc4[C@@H]3C[C@@H]21. The van der Waals surface area contributed by atoms with Crippen molar-refractivity contribution in [3.63, 3.8) is 0 Å². The van der Waals surface area contributed by atoms with Crippen molar-refractivity contribution in [3.05, 3.63) is 29.3 Å². The average molecular weight is 380 g/mol. The Morgan fingerprint density at radius 2 is 2.12 bits per heavy atom. The fraction of sp³-hybridized carbons (Fsp3) is 0.684. The molecule has 3 atom stereocenters. The molecule has 0 unspecified atom stereocenters. The third-order valence-electron chi connectivity index (χ3n) is 6.36. The van der Waals surface area contributed by atoms with Gasteiger partial charge in [-0.05, 0) is 67.8 Å². The van der Waals surface area contributed by atoms with Gasteiger partial charge in [0.2, 0.25) is 10.0 Å². The van der Waals surface area contributed by atoms with Crippen molar-refractivity contribution in [1.82, 2.24) is 9.21 Å². The van der Waals surface area contributed by atoms with E-state index in [1.54, 1.807) is 10.4 Å². The molecule has 144 valence electrons. The summed E-state index contributed by atoms with van der Waals surface area (Å²) in [6, 6.07) is 6.00. The molecule has 0 saturated carbocycles. The molecule has 2 fully saturated rings. The highest BCUT2D eigenvalue weighted by molar-refractivity contribution is 7.89. The lowest BCUT2D eigenvalue weighted by Gasteiger charge is -2.51. The Morgan fingerprint density at radius 1 is 1.27 bits per heavy atom. The number of fused-ring (bicyclic) bond motifs is 4. The Morgan fingerprint density at radius 3 is 2.92 bits per heavy atom. The molecule has 3 aliphatic heterocycles. The summed E-state index contributed by atoms with van der Waals surface area (Å²) in [5, 5.41) is 9.79. The molecular formula is C19H29N3O3S. The Labute approximate surface area is 156 Å². The van der Waals surface area contributed by atoms with Crippen molar-refractivity contribution < 1.29 is 13.5 Å². The number of phenolic OH excluding ortho intramolecular Hbond substituents is 1. The quantitative estimate of drug-likeness (QED) is 0.827. The van der Waals surface area contributed by atoms with Gasteiger partial charge < -0.3 is 10.8 Å². The van der Waals surface area contributed by atoms with Crippen LogP contribution < -0.4 is 5.73 Å². The van der Waals surface area contributed by atoms with E-state index in [9.17, 15) is 13.5 Å². The lowest BCUT2D eigenvalue weighted by Crippen LogP contribution is -2.57. The summed E-state index contributed by atoms with van der Waals surface area (Å²) in [4.78, 5) is 2.52. The summed E-state index contributed by atoms with van der Waals surface area (Å²) >= 11 is 0. The van der Waals surface area contributed by atoms with Gasteiger partial charge in [-0.25, -0.2) is 8.42 Å². The number of nitrogens with zero attached hydrogens (tertiary/aromatic N) is 2. The molecule has 0 aliphatic carbocycles. The van der Waals surface area contributed by atoms with E-state index in [2.05, 4.69) is 4.90 Å². The number of aromatic hydroxyl groups is 1. The summed E-state index contributed by atoms with van der Waals surface area (Å²) in [6.45, 7) is 3.01. The van der Waals surface area contributed by atoms with E-state index < -0.39 is 10.0 Å². The highest BCUT2D eigenvalue weighted by Gasteiger charge is 2.45. The fourth-order valence-electron chi connectivity index (χ4n) is 5.13. The molecule has 0 aromatic heterocycles.